The lowest BCUT2D eigenvalue weighted by Crippen LogP contribution is -2.31. The molecule has 1 unspecified atom stereocenters. The number of likely N-dealkylation sites (N-methyl/N-ethyl adjacent to an activating group) is 1. The van der Waals surface area contributed by atoms with Crippen molar-refractivity contribution in [1.82, 2.24) is 4.90 Å². The number of rotatable bonds is 4. The van der Waals surface area contributed by atoms with E-state index >= 15 is 0 Å². The number of nitrogens with zero attached hydrogens (tertiary/aromatic N) is 1. The summed E-state index contributed by atoms with van der Waals surface area (Å²) in [7, 11) is 5.08. The van der Waals surface area contributed by atoms with Gasteiger partial charge >= 0.3 is 0 Å². The molecule has 1 atom stereocenters. The van der Waals surface area contributed by atoms with Crippen molar-refractivity contribution in [3.8, 4) is 23.0 Å². The van der Waals surface area contributed by atoms with Crippen LogP contribution in [0.3, 0.4) is 0 Å². The Balaban J connectivity index is 1.78. The summed E-state index contributed by atoms with van der Waals surface area (Å²) in [4.78, 5) is 14.9. The Morgan fingerprint density at radius 2 is 1.93 bits per heavy atom. The van der Waals surface area contributed by atoms with Gasteiger partial charge in [0, 0.05) is 13.6 Å². The topological polar surface area (TPSA) is 57.2 Å². The number of amides is 1. The monoisotopic (exact) mass is 369 g/mol. The first-order valence-corrected chi connectivity index (χ1v) is 8.99. The first-order valence-electron chi connectivity index (χ1n) is 8.99. The normalized spacial score (nSPS) is 18.1. The molecule has 2 heterocycles. The average Bonchev–Trinajstić information content (AvgIpc) is 3.11. The highest BCUT2D eigenvalue weighted by Gasteiger charge is 2.32. The molecule has 0 bridgehead atoms. The Bertz CT molecular complexity index is 879. The molecule has 2 aromatic rings. The molecule has 0 N–H and O–H groups in total. The predicted octanol–water partition coefficient (Wildman–Crippen LogP) is 2.77. The number of fused-ring (bicyclic) bond motifs is 2. The van der Waals surface area contributed by atoms with E-state index in [1.807, 2.05) is 37.4 Å². The SMILES string of the molecule is COc1cccc(CC2C(=O)N(C)CCc3cc4c(cc32)OCO4)c1OC. The van der Waals surface area contributed by atoms with Crippen molar-refractivity contribution in [3.63, 3.8) is 0 Å². The van der Waals surface area contributed by atoms with Crippen molar-refractivity contribution >= 4 is 5.91 Å². The van der Waals surface area contributed by atoms with E-state index in [4.69, 9.17) is 18.9 Å². The number of hydrogen-bond donors (Lipinski definition) is 0. The molecule has 0 radical (unpaired) electrons. The molecule has 27 heavy (non-hydrogen) atoms. The van der Waals surface area contributed by atoms with Crippen molar-refractivity contribution in [1.29, 1.82) is 0 Å². The molecule has 2 aliphatic heterocycles. The van der Waals surface area contributed by atoms with E-state index in [1.165, 1.54) is 0 Å². The van der Waals surface area contributed by atoms with Crippen LogP contribution in [-0.2, 0) is 17.6 Å². The summed E-state index contributed by atoms with van der Waals surface area (Å²) in [5.74, 6) is 2.56. The average molecular weight is 369 g/mol. The maximum Gasteiger partial charge on any atom is 0.231 e. The summed E-state index contributed by atoms with van der Waals surface area (Å²) in [5.41, 5.74) is 3.07. The van der Waals surface area contributed by atoms with Crippen LogP contribution in [0.4, 0.5) is 0 Å². The van der Waals surface area contributed by atoms with Crippen molar-refractivity contribution in [2.75, 3.05) is 34.6 Å². The van der Waals surface area contributed by atoms with Crippen LogP contribution in [-0.4, -0.2) is 45.4 Å². The lowest BCUT2D eigenvalue weighted by Gasteiger charge is -2.22. The van der Waals surface area contributed by atoms with E-state index in [1.54, 1.807) is 19.1 Å². The molecule has 2 aliphatic rings. The summed E-state index contributed by atoms with van der Waals surface area (Å²) >= 11 is 0. The Morgan fingerprint density at radius 1 is 1.15 bits per heavy atom. The van der Waals surface area contributed by atoms with Crippen LogP contribution in [0.5, 0.6) is 23.0 Å². The third-order valence-corrected chi connectivity index (χ3v) is 5.31. The highest BCUT2D eigenvalue weighted by Crippen LogP contribution is 2.41. The molecule has 0 aromatic heterocycles. The van der Waals surface area contributed by atoms with Gasteiger partial charge in [0.15, 0.2) is 23.0 Å². The zero-order chi connectivity index (χ0) is 19.0. The third-order valence-electron chi connectivity index (χ3n) is 5.31. The maximum atomic E-state index is 13.1. The fourth-order valence-corrected chi connectivity index (χ4v) is 3.87. The van der Waals surface area contributed by atoms with E-state index in [9.17, 15) is 4.79 Å². The van der Waals surface area contributed by atoms with Crippen LogP contribution >= 0.6 is 0 Å². The summed E-state index contributed by atoms with van der Waals surface area (Å²) in [6.07, 6.45) is 1.32. The van der Waals surface area contributed by atoms with Gasteiger partial charge in [-0.1, -0.05) is 12.1 Å². The van der Waals surface area contributed by atoms with E-state index < -0.39 is 0 Å². The highest BCUT2D eigenvalue weighted by atomic mass is 16.7. The lowest BCUT2D eigenvalue weighted by atomic mass is 9.87. The first-order chi connectivity index (χ1) is 13.1. The van der Waals surface area contributed by atoms with Gasteiger partial charge in [-0.25, -0.2) is 0 Å². The molecule has 0 spiro atoms. The quantitative estimate of drug-likeness (QED) is 0.830. The molecule has 4 rings (SSSR count). The van der Waals surface area contributed by atoms with Crippen molar-refractivity contribution < 1.29 is 23.7 Å². The Hall–Kier alpha value is -2.89. The second kappa shape index (κ2) is 7.02. The largest absolute Gasteiger partial charge is 0.493 e. The molecule has 0 fully saturated rings. The van der Waals surface area contributed by atoms with E-state index in [2.05, 4.69) is 0 Å². The third kappa shape index (κ3) is 3.05. The van der Waals surface area contributed by atoms with Gasteiger partial charge in [0.05, 0.1) is 20.1 Å². The molecule has 142 valence electrons. The molecular formula is C21H23NO5. The number of carbonyl (C=O) groups is 1. The Labute approximate surface area is 158 Å². The summed E-state index contributed by atoms with van der Waals surface area (Å²) < 4.78 is 22.1. The predicted molar refractivity (Wildman–Crippen MR) is 99.9 cm³/mol. The highest BCUT2D eigenvalue weighted by molar-refractivity contribution is 5.85. The molecule has 6 heteroatoms. The van der Waals surface area contributed by atoms with Crippen LogP contribution in [0.25, 0.3) is 0 Å². The number of benzene rings is 2. The maximum absolute atomic E-state index is 13.1. The zero-order valence-electron chi connectivity index (χ0n) is 15.8. The van der Waals surface area contributed by atoms with Crippen molar-refractivity contribution in [3.05, 3.63) is 47.0 Å². The molecule has 0 saturated heterocycles. The van der Waals surface area contributed by atoms with E-state index in [-0.39, 0.29) is 18.6 Å². The van der Waals surface area contributed by atoms with Gasteiger partial charge in [0.25, 0.3) is 0 Å². The van der Waals surface area contributed by atoms with Gasteiger partial charge < -0.3 is 23.8 Å². The summed E-state index contributed by atoms with van der Waals surface area (Å²) in [5, 5.41) is 0. The van der Waals surface area contributed by atoms with E-state index in [0.717, 1.165) is 28.9 Å². The number of methoxy groups -OCH3 is 2. The summed E-state index contributed by atoms with van der Waals surface area (Å²) in [6, 6.07) is 9.73. The number of carbonyl (C=O) groups excluding carboxylic acids is 1. The standard InChI is InChI=1S/C21H23NO5/c1-22-8-7-13-10-18-19(27-12-26-18)11-15(13)16(21(22)23)9-14-5-4-6-17(24-2)20(14)25-3/h4-6,10-11,16H,7-9,12H2,1-3H3. The van der Waals surface area contributed by atoms with Crippen LogP contribution in [0, 0.1) is 0 Å². The zero-order valence-corrected chi connectivity index (χ0v) is 15.8. The fraction of sp³-hybridized carbons (Fsp3) is 0.381. The van der Waals surface area contributed by atoms with Gasteiger partial charge in [-0.3, -0.25) is 4.79 Å². The molecule has 6 nitrogen and oxygen atoms in total. The Kier molecular flexibility index (Phi) is 4.56. The van der Waals surface area contributed by atoms with Gasteiger partial charge in [-0.2, -0.15) is 0 Å². The summed E-state index contributed by atoms with van der Waals surface area (Å²) in [6.45, 7) is 0.900. The van der Waals surface area contributed by atoms with Crippen LogP contribution < -0.4 is 18.9 Å². The van der Waals surface area contributed by atoms with Crippen LogP contribution in [0.1, 0.15) is 22.6 Å². The Morgan fingerprint density at radius 3 is 2.67 bits per heavy atom. The first kappa shape index (κ1) is 17.5. The van der Waals surface area contributed by atoms with Crippen molar-refractivity contribution in [2.45, 2.75) is 18.8 Å². The number of para-hydroxylation sites is 1. The van der Waals surface area contributed by atoms with Gasteiger partial charge in [-0.15, -0.1) is 0 Å². The molecule has 0 aliphatic carbocycles. The number of ether oxygens (including phenoxy) is 4. The second-order valence-electron chi connectivity index (χ2n) is 6.82. The minimum atomic E-state index is -0.317. The smallest absolute Gasteiger partial charge is 0.231 e. The fourth-order valence-electron chi connectivity index (χ4n) is 3.87. The van der Waals surface area contributed by atoms with Gasteiger partial charge in [0.2, 0.25) is 12.7 Å². The lowest BCUT2D eigenvalue weighted by molar-refractivity contribution is -0.131. The molecular weight excluding hydrogens is 346 g/mol. The van der Waals surface area contributed by atoms with Gasteiger partial charge in [0.1, 0.15) is 0 Å². The van der Waals surface area contributed by atoms with E-state index in [0.29, 0.717) is 30.2 Å². The second-order valence-corrected chi connectivity index (χ2v) is 6.82. The minimum absolute atomic E-state index is 0.0949. The molecule has 0 saturated carbocycles. The van der Waals surface area contributed by atoms with Crippen molar-refractivity contribution in [2.24, 2.45) is 0 Å². The number of hydrogen-bond acceptors (Lipinski definition) is 5. The molecule has 2 aromatic carbocycles. The molecule has 1 amide bonds. The van der Waals surface area contributed by atoms with Crippen LogP contribution in [0.2, 0.25) is 0 Å². The van der Waals surface area contributed by atoms with Crippen LogP contribution in [0.15, 0.2) is 30.3 Å². The van der Waals surface area contributed by atoms with Gasteiger partial charge in [-0.05, 0) is 47.7 Å². The minimum Gasteiger partial charge on any atom is -0.493 e.